The SMILES string of the molecule is CCCCCCCCCCCCCCCCCCCCCCCCC/C=C/CC/C=C/C(O)C(CO)NC(=O)CCCCCCCC. The lowest BCUT2D eigenvalue weighted by molar-refractivity contribution is -0.123. The van der Waals surface area contributed by atoms with Crippen LogP contribution in [0.3, 0.4) is 0 Å². The third-order valence-electron chi connectivity index (χ3n) is 9.69. The van der Waals surface area contributed by atoms with Gasteiger partial charge in [-0.3, -0.25) is 4.79 Å². The van der Waals surface area contributed by atoms with E-state index in [0.29, 0.717) is 6.42 Å². The Hall–Kier alpha value is -1.13. The average molecular weight is 662 g/mol. The second-order valence-electron chi connectivity index (χ2n) is 14.4. The summed E-state index contributed by atoms with van der Waals surface area (Å²) in [5.74, 6) is -0.0829. The molecule has 0 spiro atoms. The van der Waals surface area contributed by atoms with E-state index < -0.39 is 12.1 Å². The Morgan fingerprint density at radius 1 is 0.489 bits per heavy atom. The molecule has 0 saturated heterocycles. The van der Waals surface area contributed by atoms with Gasteiger partial charge in [0.2, 0.25) is 5.91 Å². The van der Waals surface area contributed by atoms with Crippen molar-refractivity contribution in [3.05, 3.63) is 24.3 Å². The first-order chi connectivity index (χ1) is 23.2. The quantitative estimate of drug-likeness (QED) is 0.0455. The number of rotatable bonds is 38. The van der Waals surface area contributed by atoms with E-state index in [0.717, 1.165) is 32.1 Å². The van der Waals surface area contributed by atoms with Gasteiger partial charge in [0.25, 0.3) is 0 Å². The highest BCUT2D eigenvalue weighted by atomic mass is 16.3. The largest absolute Gasteiger partial charge is 0.394 e. The molecule has 47 heavy (non-hydrogen) atoms. The fraction of sp³-hybridized carbons (Fsp3) is 0.884. The van der Waals surface area contributed by atoms with Crippen LogP contribution in [0.15, 0.2) is 24.3 Å². The molecule has 0 aliphatic carbocycles. The molecule has 0 saturated carbocycles. The highest BCUT2D eigenvalue weighted by Crippen LogP contribution is 2.16. The smallest absolute Gasteiger partial charge is 0.220 e. The Balaban J connectivity index is 3.44. The van der Waals surface area contributed by atoms with Crippen LogP contribution in [0.5, 0.6) is 0 Å². The van der Waals surface area contributed by atoms with E-state index in [2.05, 4.69) is 31.3 Å². The molecule has 1 amide bonds. The summed E-state index contributed by atoms with van der Waals surface area (Å²) in [5.41, 5.74) is 0. The summed E-state index contributed by atoms with van der Waals surface area (Å²) in [5, 5.41) is 22.7. The number of aliphatic hydroxyl groups excluding tert-OH is 2. The molecule has 0 aromatic carbocycles. The van der Waals surface area contributed by atoms with E-state index in [1.165, 1.54) is 173 Å². The average Bonchev–Trinajstić information content (AvgIpc) is 3.07. The number of carbonyl (C=O) groups excluding carboxylic acids is 1. The zero-order valence-electron chi connectivity index (χ0n) is 31.8. The molecular weight excluding hydrogens is 578 g/mol. The Morgan fingerprint density at radius 2 is 0.830 bits per heavy atom. The molecule has 278 valence electrons. The second-order valence-corrected chi connectivity index (χ2v) is 14.4. The predicted molar refractivity (Wildman–Crippen MR) is 207 cm³/mol. The maximum absolute atomic E-state index is 12.1. The van der Waals surface area contributed by atoms with Crippen LogP contribution in [0.25, 0.3) is 0 Å². The molecule has 4 nitrogen and oxygen atoms in total. The van der Waals surface area contributed by atoms with Gasteiger partial charge in [-0.1, -0.05) is 212 Å². The highest BCUT2D eigenvalue weighted by molar-refractivity contribution is 5.76. The molecule has 0 rings (SSSR count). The van der Waals surface area contributed by atoms with Crippen LogP contribution in [0.4, 0.5) is 0 Å². The van der Waals surface area contributed by atoms with Crippen molar-refractivity contribution in [3.8, 4) is 0 Å². The molecule has 3 N–H and O–H groups in total. The van der Waals surface area contributed by atoms with Crippen molar-refractivity contribution < 1.29 is 15.0 Å². The maximum atomic E-state index is 12.1. The number of carbonyl (C=O) groups is 1. The first-order valence-corrected chi connectivity index (χ1v) is 21.1. The van der Waals surface area contributed by atoms with Crippen molar-refractivity contribution in [3.63, 3.8) is 0 Å². The molecule has 0 aliphatic rings. The van der Waals surface area contributed by atoms with Crippen LogP contribution in [-0.2, 0) is 4.79 Å². The summed E-state index contributed by atoms with van der Waals surface area (Å²) in [6, 6.07) is -0.631. The molecule has 4 heteroatoms. The fourth-order valence-electron chi connectivity index (χ4n) is 6.43. The van der Waals surface area contributed by atoms with Gasteiger partial charge < -0.3 is 15.5 Å². The molecule has 0 aliphatic heterocycles. The lowest BCUT2D eigenvalue weighted by Crippen LogP contribution is -2.45. The minimum Gasteiger partial charge on any atom is -0.394 e. The first-order valence-electron chi connectivity index (χ1n) is 21.1. The van der Waals surface area contributed by atoms with Crippen molar-refractivity contribution >= 4 is 5.91 Å². The van der Waals surface area contributed by atoms with Crippen molar-refractivity contribution in [2.24, 2.45) is 0 Å². The number of allylic oxidation sites excluding steroid dienone is 3. The Bertz CT molecular complexity index is 676. The molecule has 0 radical (unpaired) electrons. The molecule has 0 aromatic heterocycles. The number of unbranched alkanes of at least 4 members (excludes halogenated alkanes) is 29. The van der Waals surface area contributed by atoms with E-state index in [-0.39, 0.29) is 12.5 Å². The number of nitrogens with one attached hydrogen (secondary N) is 1. The van der Waals surface area contributed by atoms with Crippen molar-refractivity contribution in [2.75, 3.05) is 6.61 Å². The maximum Gasteiger partial charge on any atom is 0.220 e. The molecule has 2 unspecified atom stereocenters. The monoisotopic (exact) mass is 662 g/mol. The molecular formula is C43H83NO3. The lowest BCUT2D eigenvalue weighted by Gasteiger charge is -2.19. The van der Waals surface area contributed by atoms with E-state index >= 15 is 0 Å². The number of aliphatic hydroxyl groups is 2. The summed E-state index contributed by atoms with van der Waals surface area (Å²) >= 11 is 0. The third-order valence-corrected chi connectivity index (χ3v) is 9.69. The van der Waals surface area contributed by atoms with Crippen LogP contribution in [0, 0.1) is 0 Å². The summed E-state index contributed by atoms with van der Waals surface area (Å²) in [4.78, 5) is 12.1. The van der Waals surface area contributed by atoms with Crippen molar-refractivity contribution in [2.45, 2.75) is 238 Å². The van der Waals surface area contributed by atoms with Gasteiger partial charge in [-0.2, -0.15) is 0 Å². The van der Waals surface area contributed by atoms with Crippen LogP contribution in [-0.4, -0.2) is 34.9 Å². The fourth-order valence-corrected chi connectivity index (χ4v) is 6.43. The molecule has 2 atom stereocenters. The zero-order valence-corrected chi connectivity index (χ0v) is 31.8. The number of hydrogen-bond acceptors (Lipinski definition) is 3. The summed E-state index contributed by atoms with van der Waals surface area (Å²) in [7, 11) is 0. The van der Waals surface area contributed by atoms with Gasteiger partial charge in [0.05, 0.1) is 18.8 Å². The number of amides is 1. The van der Waals surface area contributed by atoms with Crippen molar-refractivity contribution in [1.29, 1.82) is 0 Å². The van der Waals surface area contributed by atoms with Crippen LogP contribution in [0.1, 0.15) is 226 Å². The van der Waals surface area contributed by atoms with Gasteiger partial charge >= 0.3 is 0 Å². The third kappa shape index (κ3) is 36.0. The van der Waals surface area contributed by atoms with Crippen LogP contribution < -0.4 is 5.32 Å². The standard InChI is InChI=1S/C43H83NO3/c1-3-5-7-9-11-12-13-14-15-16-17-18-19-20-21-22-23-24-25-26-27-28-29-30-31-32-33-34-36-38-42(46)41(40-45)44-43(47)39-37-35-10-8-6-4-2/h31-32,36,38,41-42,45-46H,3-30,33-35,37,39-40H2,1-2H3,(H,44,47)/b32-31+,38-36+. The van der Waals surface area contributed by atoms with Gasteiger partial charge in [-0.15, -0.1) is 0 Å². The topological polar surface area (TPSA) is 69.6 Å². The Kier molecular flexibility index (Phi) is 38.4. The summed E-state index contributed by atoms with van der Waals surface area (Å²) < 4.78 is 0. The van der Waals surface area contributed by atoms with Crippen LogP contribution in [0.2, 0.25) is 0 Å². The molecule has 0 aromatic rings. The number of hydrogen-bond donors (Lipinski definition) is 3. The Morgan fingerprint density at radius 3 is 1.23 bits per heavy atom. The first kappa shape index (κ1) is 45.9. The van der Waals surface area contributed by atoms with E-state index in [9.17, 15) is 15.0 Å². The van der Waals surface area contributed by atoms with Gasteiger partial charge in [0.15, 0.2) is 0 Å². The van der Waals surface area contributed by atoms with Crippen LogP contribution >= 0.6 is 0 Å². The van der Waals surface area contributed by atoms with Gasteiger partial charge in [-0.25, -0.2) is 0 Å². The predicted octanol–water partition coefficient (Wildman–Crippen LogP) is 12.8. The molecule has 0 heterocycles. The van der Waals surface area contributed by atoms with Gasteiger partial charge in [0.1, 0.15) is 0 Å². The van der Waals surface area contributed by atoms with Gasteiger partial charge in [-0.05, 0) is 32.1 Å². The second kappa shape index (κ2) is 39.3. The normalized spacial score (nSPS) is 13.2. The lowest BCUT2D eigenvalue weighted by atomic mass is 10.0. The summed E-state index contributed by atoms with van der Waals surface area (Å²) in [6.07, 6.45) is 50.4. The Labute approximate surface area is 294 Å². The van der Waals surface area contributed by atoms with E-state index in [1.807, 2.05) is 6.08 Å². The van der Waals surface area contributed by atoms with Crippen molar-refractivity contribution in [1.82, 2.24) is 5.32 Å². The minimum atomic E-state index is -0.855. The van der Waals surface area contributed by atoms with E-state index in [1.54, 1.807) is 6.08 Å². The highest BCUT2D eigenvalue weighted by Gasteiger charge is 2.17. The minimum absolute atomic E-state index is 0.0829. The zero-order chi connectivity index (χ0) is 34.3. The summed E-state index contributed by atoms with van der Waals surface area (Å²) in [6.45, 7) is 4.24. The van der Waals surface area contributed by atoms with Gasteiger partial charge in [0, 0.05) is 6.42 Å². The molecule has 0 fully saturated rings. The van der Waals surface area contributed by atoms with E-state index in [4.69, 9.17) is 0 Å². The molecule has 0 bridgehead atoms.